The topological polar surface area (TPSA) is 62.7 Å². The van der Waals surface area contributed by atoms with E-state index in [2.05, 4.69) is 22.4 Å². The summed E-state index contributed by atoms with van der Waals surface area (Å²) in [5.41, 5.74) is 0. The molecule has 1 heterocycles. The van der Waals surface area contributed by atoms with Crippen LogP contribution in [-0.2, 0) is 17.8 Å². The summed E-state index contributed by atoms with van der Waals surface area (Å²) in [5.74, 6) is 1.56. The van der Waals surface area contributed by atoms with Crippen molar-refractivity contribution in [2.45, 2.75) is 31.2 Å². The number of H-pyrrole nitrogens is 1. The summed E-state index contributed by atoms with van der Waals surface area (Å²) in [4.78, 5) is 13.2. The minimum absolute atomic E-state index is 0.0587. The minimum Gasteiger partial charge on any atom is -0.354 e. The van der Waals surface area contributed by atoms with Gasteiger partial charge < -0.3 is 5.32 Å². The number of rotatable bonds is 8. The van der Waals surface area contributed by atoms with Crippen LogP contribution < -0.4 is 5.32 Å². The van der Waals surface area contributed by atoms with Crippen molar-refractivity contribution < 1.29 is 4.79 Å². The third kappa shape index (κ3) is 5.67. The third-order valence-corrected chi connectivity index (χ3v) is 4.70. The summed E-state index contributed by atoms with van der Waals surface area (Å²) in [6.07, 6.45) is 1.76. The largest absolute Gasteiger partial charge is 0.354 e. The molecule has 2 rings (SSSR count). The van der Waals surface area contributed by atoms with Crippen LogP contribution in [0.15, 0.2) is 29.2 Å². The van der Waals surface area contributed by atoms with Crippen LogP contribution in [0.3, 0.4) is 0 Å². The molecule has 0 atom stereocenters. The Bertz CT molecular complexity index is 696. The second kappa shape index (κ2) is 9.10. The van der Waals surface area contributed by atoms with Crippen molar-refractivity contribution in [3.05, 3.63) is 39.9 Å². The molecule has 5 nitrogen and oxygen atoms in total. The Labute approximate surface area is 149 Å². The molecule has 0 spiro atoms. The van der Waals surface area contributed by atoms with Crippen LogP contribution in [-0.4, -0.2) is 33.0 Å². The smallest absolute Gasteiger partial charge is 0.240 e. The Balaban J connectivity index is 1.76. The average molecular weight is 371 g/mol. The number of carbonyl (C=O) groups is 1. The van der Waals surface area contributed by atoms with E-state index in [1.807, 2.05) is 24.3 Å². The van der Waals surface area contributed by atoms with Crippen molar-refractivity contribution in [2.24, 2.45) is 0 Å². The van der Waals surface area contributed by atoms with Gasteiger partial charge in [0.2, 0.25) is 5.91 Å². The second-order valence-corrected chi connectivity index (χ2v) is 6.92. The molecule has 0 bridgehead atoms. The number of hydrogen-bond acceptors (Lipinski definition) is 4. The molecular weight excluding hydrogens is 352 g/mol. The van der Waals surface area contributed by atoms with E-state index in [1.54, 1.807) is 16.3 Å². The lowest BCUT2D eigenvalue weighted by Crippen LogP contribution is -2.30. The molecule has 0 saturated heterocycles. The predicted octanol–water partition coefficient (Wildman–Crippen LogP) is 3.46. The van der Waals surface area contributed by atoms with E-state index >= 15 is 0 Å². The van der Waals surface area contributed by atoms with Gasteiger partial charge in [0.1, 0.15) is 12.4 Å². The first-order chi connectivity index (χ1) is 11.1. The summed E-state index contributed by atoms with van der Waals surface area (Å²) in [6.45, 7) is 2.87. The first kappa shape index (κ1) is 18.0. The monoisotopic (exact) mass is 370 g/mol. The Hall–Kier alpha value is -1.31. The fourth-order valence-corrected chi connectivity index (χ4v) is 3.13. The Morgan fingerprint density at radius 2 is 2.17 bits per heavy atom. The van der Waals surface area contributed by atoms with Crippen molar-refractivity contribution >= 4 is 41.5 Å². The first-order valence-electron chi connectivity index (χ1n) is 7.39. The van der Waals surface area contributed by atoms with Gasteiger partial charge in [-0.05, 0) is 42.9 Å². The van der Waals surface area contributed by atoms with Crippen LogP contribution in [0.25, 0.3) is 0 Å². The molecule has 0 saturated carbocycles. The van der Waals surface area contributed by atoms with Crippen LogP contribution in [0.2, 0.25) is 5.02 Å². The van der Waals surface area contributed by atoms with Crippen molar-refractivity contribution in [1.82, 2.24) is 20.1 Å². The lowest BCUT2D eigenvalue weighted by Gasteiger charge is -2.08. The van der Waals surface area contributed by atoms with Gasteiger partial charge in [-0.1, -0.05) is 18.5 Å². The number of nitrogens with zero attached hydrogens (tertiary/aromatic N) is 2. The highest BCUT2D eigenvalue weighted by atomic mass is 35.5. The van der Waals surface area contributed by atoms with E-state index < -0.39 is 0 Å². The molecule has 2 N–H and O–H groups in total. The molecule has 1 aromatic carbocycles. The molecule has 0 fully saturated rings. The number of aromatic amines is 1. The predicted molar refractivity (Wildman–Crippen MR) is 96.6 cm³/mol. The number of aromatic nitrogens is 3. The highest BCUT2D eigenvalue weighted by Crippen LogP contribution is 2.19. The fourth-order valence-electron chi connectivity index (χ4n) is 2.02. The molecule has 8 heteroatoms. The number of hydrogen-bond donors (Lipinski definition) is 2. The fraction of sp³-hybridized carbons (Fsp3) is 0.400. The van der Waals surface area contributed by atoms with E-state index in [9.17, 15) is 4.79 Å². The van der Waals surface area contributed by atoms with Crippen LogP contribution in [0.4, 0.5) is 0 Å². The van der Waals surface area contributed by atoms with E-state index in [0.29, 0.717) is 11.3 Å². The van der Waals surface area contributed by atoms with E-state index in [1.165, 1.54) is 0 Å². The van der Waals surface area contributed by atoms with Crippen molar-refractivity contribution in [2.75, 3.05) is 12.3 Å². The molecule has 0 radical (unpaired) electrons. The molecule has 0 unspecified atom stereocenters. The summed E-state index contributed by atoms with van der Waals surface area (Å²) in [7, 11) is 0. The van der Waals surface area contributed by atoms with E-state index in [0.717, 1.165) is 34.3 Å². The van der Waals surface area contributed by atoms with Gasteiger partial charge in [-0.15, -0.1) is 11.8 Å². The summed E-state index contributed by atoms with van der Waals surface area (Å²) >= 11 is 12.7. The lowest BCUT2D eigenvalue weighted by atomic mass is 10.3. The molecule has 0 aliphatic heterocycles. The van der Waals surface area contributed by atoms with Gasteiger partial charge in [0.25, 0.3) is 0 Å². The number of thioether (sulfide) groups is 1. The maximum atomic E-state index is 12.0. The van der Waals surface area contributed by atoms with Crippen LogP contribution in [0, 0.1) is 4.77 Å². The molecule has 0 aliphatic rings. The molecular formula is C15H19ClN4OS2. The van der Waals surface area contributed by atoms with Crippen molar-refractivity contribution in [3.63, 3.8) is 0 Å². The normalized spacial score (nSPS) is 10.7. The standard InChI is InChI=1S/C15H19ClN4OS2/c1-2-3-13-18-19-15(22)20(13)10-14(21)17-8-9-23-12-6-4-11(16)5-7-12/h4-7H,2-3,8-10H2,1H3,(H,17,21)(H,19,22). The number of nitrogens with one attached hydrogen (secondary N) is 2. The zero-order valence-electron chi connectivity index (χ0n) is 12.8. The zero-order valence-corrected chi connectivity index (χ0v) is 15.2. The highest BCUT2D eigenvalue weighted by Gasteiger charge is 2.09. The van der Waals surface area contributed by atoms with Gasteiger partial charge in [0, 0.05) is 28.6 Å². The van der Waals surface area contributed by atoms with E-state index in [4.69, 9.17) is 23.8 Å². The maximum absolute atomic E-state index is 12.0. The number of aryl methyl sites for hydroxylation is 1. The van der Waals surface area contributed by atoms with Crippen LogP contribution in [0.1, 0.15) is 19.2 Å². The average Bonchev–Trinajstić information content (AvgIpc) is 2.87. The molecule has 2 aromatic rings. The maximum Gasteiger partial charge on any atom is 0.240 e. The van der Waals surface area contributed by atoms with Crippen molar-refractivity contribution in [1.29, 1.82) is 0 Å². The molecule has 23 heavy (non-hydrogen) atoms. The van der Waals surface area contributed by atoms with Gasteiger partial charge in [-0.3, -0.25) is 14.5 Å². The summed E-state index contributed by atoms with van der Waals surface area (Å²) in [5, 5.41) is 10.5. The molecule has 1 amide bonds. The Kier molecular flexibility index (Phi) is 7.14. The first-order valence-corrected chi connectivity index (χ1v) is 9.16. The number of halogens is 1. The molecule has 124 valence electrons. The third-order valence-electron chi connectivity index (χ3n) is 3.12. The van der Waals surface area contributed by atoms with E-state index in [-0.39, 0.29) is 12.5 Å². The van der Waals surface area contributed by atoms with Gasteiger partial charge in [-0.25, -0.2) is 0 Å². The van der Waals surface area contributed by atoms with Crippen LogP contribution in [0.5, 0.6) is 0 Å². The number of amides is 1. The highest BCUT2D eigenvalue weighted by molar-refractivity contribution is 7.99. The molecule has 1 aromatic heterocycles. The number of benzene rings is 1. The minimum atomic E-state index is -0.0587. The van der Waals surface area contributed by atoms with Gasteiger partial charge in [0.05, 0.1) is 0 Å². The summed E-state index contributed by atoms with van der Waals surface area (Å²) < 4.78 is 2.24. The van der Waals surface area contributed by atoms with Gasteiger partial charge in [0.15, 0.2) is 4.77 Å². The SMILES string of the molecule is CCCc1n[nH]c(=S)n1CC(=O)NCCSc1ccc(Cl)cc1. The second-order valence-electron chi connectivity index (χ2n) is 4.93. The lowest BCUT2D eigenvalue weighted by molar-refractivity contribution is -0.121. The van der Waals surface area contributed by atoms with Gasteiger partial charge in [-0.2, -0.15) is 5.10 Å². The summed E-state index contributed by atoms with van der Waals surface area (Å²) in [6, 6.07) is 7.66. The van der Waals surface area contributed by atoms with Crippen LogP contribution >= 0.6 is 35.6 Å². The Morgan fingerprint density at radius 3 is 2.87 bits per heavy atom. The quantitative estimate of drug-likeness (QED) is 0.424. The Morgan fingerprint density at radius 1 is 1.43 bits per heavy atom. The number of carbonyl (C=O) groups excluding carboxylic acids is 1. The van der Waals surface area contributed by atoms with Gasteiger partial charge >= 0.3 is 0 Å². The van der Waals surface area contributed by atoms with Crippen molar-refractivity contribution in [3.8, 4) is 0 Å². The zero-order chi connectivity index (χ0) is 16.7. The molecule has 0 aliphatic carbocycles.